The van der Waals surface area contributed by atoms with Crippen LogP contribution in [0.3, 0.4) is 0 Å². The van der Waals surface area contributed by atoms with Gasteiger partial charge in [-0.05, 0) is 138 Å². The van der Waals surface area contributed by atoms with Crippen LogP contribution >= 0.6 is 0 Å². The van der Waals surface area contributed by atoms with Gasteiger partial charge in [0.25, 0.3) is 0 Å². The minimum Gasteiger partial charge on any atom is -0.315 e. The predicted molar refractivity (Wildman–Crippen MR) is 267 cm³/mol. The van der Waals surface area contributed by atoms with Crippen molar-refractivity contribution in [3.63, 3.8) is 0 Å². The van der Waals surface area contributed by atoms with E-state index in [1.165, 1.54) is 84.0 Å². The van der Waals surface area contributed by atoms with Crippen LogP contribution in [0, 0.1) is 12.8 Å². The van der Waals surface area contributed by atoms with Gasteiger partial charge in [0, 0.05) is 50.4 Å². The van der Waals surface area contributed by atoms with Gasteiger partial charge >= 0.3 is 0 Å². The van der Waals surface area contributed by atoms with E-state index in [0.717, 1.165) is 38.5 Å². The molecule has 0 amide bonds. The zero-order chi connectivity index (χ0) is 43.0. The highest BCUT2D eigenvalue weighted by molar-refractivity contribution is 6.91. The summed E-state index contributed by atoms with van der Waals surface area (Å²) in [4.78, 5) is 5.31. The molecule has 0 bridgehead atoms. The van der Waals surface area contributed by atoms with Crippen LogP contribution in [0.4, 0.5) is 28.4 Å². The summed E-state index contributed by atoms with van der Waals surface area (Å²) in [6.07, 6.45) is 23.4. The first-order valence-electron chi connectivity index (χ1n) is 23.4. The lowest BCUT2D eigenvalue weighted by Gasteiger charge is -2.50. The molecule has 2 aliphatic heterocycles. The molecule has 3 heteroatoms. The summed E-state index contributed by atoms with van der Waals surface area (Å²) in [5, 5.41) is 0. The van der Waals surface area contributed by atoms with Crippen molar-refractivity contribution in [2.45, 2.75) is 116 Å². The van der Waals surface area contributed by atoms with Crippen molar-refractivity contribution in [1.29, 1.82) is 0 Å². The summed E-state index contributed by atoms with van der Waals surface area (Å²) in [5.74, 6) is 0.950. The molecular formula is C59H63BN2. The Kier molecular flexibility index (Phi) is 10.0. The Morgan fingerprint density at radius 3 is 1.97 bits per heavy atom. The molecule has 0 fully saturated rings. The molecule has 0 radical (unpaired) electrons. The highest BCUT2D eigenvalue weighted by atomic mass is 15.2. The van der Waals surface area contributed by atoms with Gasteiger partial charge in [0.05, 0.1) is 0 Å². The number of allylic oxidation sites excluding steroid dienone is 10. The molecule has 2 heterocycles. The van der Waals surface area contributed by atoms with E-state index in [1.807, 2.05) is 0 Å². The lowest BCUT2D eigenvalue weighted by molar-refractivity contribution is 0.506. The van der Waals surface area contributed by atoms with Gasteiger partial charge in [-0.1, -0.05) is 169 Å². The molecule has 0 aromatic heterocycles. The fourth-order valence-electron chi connectivity index (χ4n) is 11.5. The third kappa shape index (κ3) is 6.70. The molecule has 2 nitrogen and oxygen atoms in total. The molecule has 0 spiro atoms. The second-order valence-corrected chi connectivity index (χ2v) is 20.6. The van der Waals surface area contributed by atoms with E-state index in [2.05, 4.69) is 217 Å². The van der Waals surface area contributed by atoms with Crippen LogP contribution in [-0.4, -0.2) is 6.71 Å². The standard InChI is InChI=1S/C59H63BN2/c1-40-24-30-48(31-25-40)61-52-34-26-41(2)36-50(52)60-51-37-46(58(5,6)43-20-14-10-15-21-43)29-35-53(51)62(49-32-27-45(28-33-49)57(3,4)42-18-12-9-13-19-42)55-39-47(38-54(61)56(55)60)59(7,8)44-22-16-11-17-23-44/h10-12,14,16-20,22-25,27-35,37-39,41,50H,9,13,15,21,26,36H2,1-8H3. The Morgan fingerprint density at radius 1 is 0.597 bits per heavy atom. The van der Waals surface area contributed by atoms with Crippen LogP contribution in [0.15, 0.2) is 169 Å². The van der Waals surface area contributed by atoms with Crippen LogP contribution in [0.2, 0.25) is 5.82 Å². The first-order chi connectivity index (χ1) is 29.8. The maximum Gasteiger partial charge on any atom is 0.226 e. The zero-order valence-corrected chi connectivity index (χ0v) is 38.3. The Morgan fingerprint density at radius 2 is 1.27 bits per heavy atom. The molecule has 10 rings (SSSR count). The molecule has 0 saturated carbocycles. The fourth-order valence-corrected chi connectivity index (χ4v) is 11.5. The largest absolute Gasteiger partial charge is 0.315 e. The Hall–Kier alpha value is -5.54. The average molecular weight is 811 g/mol. The zero-order valence-electron chi connectivity index (χ0n) is 38.3. The van der Waals surface area contributed by atoms with Gasteiger partial charge < -0.3 is 9.80 Å². The quantitative estimate of drug-likeness (QED) is 0.144. The molecule has 5 aliphatic rings. The Labute approximate surface area is 372 Å². The summed E-state index contributed by atoms with van der Waals surface area (Å²) in [7, 11) is 0. The molecule has 2 unspecified atom stereocenters. The molecule has 3 aliphatic carbocycles. The third-order valence-electron chi connectivity index (χ3n) is 15.6. The molecular weight excluding hydrogens is 747 g/mol. The van der Waals surface area contributed by atoms with Gasteiger partial charge in [-0.25, -0.2) is 0 Å². The normalized spacial score (nSPS) is 19.6. The fraction of sp³-hybridized carbons (Fsp3) is 0.322. The second-order valence-electron chi connectivity index (χ2n) is 20.6. The first kappa shape index (κ1) is 40.5. The van der Waals surface area contributed by atoms with E-state index < -0.39 is 0 Å². The molecule has 312 valence electrons. The number of aryl methyl sites for hydroxylation is 1. The van der Waals surface area contributed by atoms with Crippen LogP contribution in [-0.2, 0) is 16.2 Å². The number of hydrogen-bond acceptors (Lipinski definition) is 2. The molecule has 2 atom stereocenters. The van der Waals surface area contributed by atoms with Gasteiger partial charge in [-0.2, -0.15) is 0 Å². The maximum absolute atomic E-state index is 2.67. The Balaban J connectivity index is 1.25. The summed E-state index contributed by atoms with van der Waals surface area (Å²) < 4.78 is 0. The van der Waals surface area contributed by atoms with Gasteiger partial charge in [0.15, 0.2) is 0 Å². The molecule has 5 aromatic rings. The van der Waals surface area contributed by atoms with E-state index in [0.29, 0.717) is 11.7 Å². The number of rotatable bonds is 8. The summed E-state index contributed by atoms with van der Waals surface area (Å²) in [6.45, 7) is 19.4. The predicted octanol–water partition coefficient (Wildman–Crippen LogP) is 14.7. The van der Waals surface area contributed by atoms with Crippen molar-refractivity contribution in [1.82, 2.24) is 0 Å². The van der Waals surface area contributed by atoms with Gasteiger partial charge in [-0.3, -0.25) is 0 Å². The molecule has 5 aromatic carbocycles. The maximum atomic E-state index is 2.67. The van der Waals surface area contributed by atoms with Crippen molar-refractivity contribution in [2.24, 2.45) is 5.92 Å². The Bertz CT molecular complexity index is 2690. The van der Waals surface area contributed by atoms with E-state index >= 15 is 0 Å². The van der Waals surface area contributed by atoms with Crippen LogP contribution in [0.1, 0.15) is 115 Å². The van der Waals surface area contributed by atoms with Gasteiger partial charge in [0.2, 0.25) is 6.71 Å². The van der Waals surface area contributed by atoms with Crippen LogP contribution in [0.5, 0.6) is 0 Å². The first-order valence-corrected chi connectivity index (χ1v) is 23.4. The number of benzene rings is 5. The average Bonchev–Trinajstić information content (AvgIpc) is 3.30. The SMILES string of the molecule is Cc1ccc(N2C3=CCC(C)CC3B3c4cc(C(C)(C)C5=CC=CCC5)ccc4N(c4ccc(C(C)(C)C5=CCCC=C5)cc4)c4cc(C(C)(C)c5ccccc5)cc2c43)cc1. The van der Waals surface area contributed by atoms with Crippen LogP contribution < -0.4 is 20.7 Å². The van der Waals surface area contributed by atoms with E-state index in [1.54, 1.807) is 0 Å². The summed E-state index contributed by atoms with van der Waals surface area (Å²) in [6, 6.07) is 42.7. The number of fused-ring (bicyclic) bond motifs is 4. The highest BCUT2D eigenvalue weighted by Crippen LogP contribution is 2.53. The minimum absolute atomic E-state index is 0.0857. The van der Waals surface area contributed by atoms with Crippen molar-refractivity contribution in [3.8, 4) is 0 Å². The lowest BCUT2D eigenvalue weighted by atomic mass is 9.28. The van der Waals surface area contributed by atoms with Gasteiger partial charge in [-0.15, -0.1) is 0 Å². The van der Waals surface area contributed by atoms with Crippen molar-refractivity contribution < 1.29 is 0 Å². The van der Waals surface area contributed by atoms with E-state index in [9.17, 15) is 0 Å². The van der Waals surface area contributed by atoms with Crippen molar-refractivity contribution in [2.75, 3.05) is 9.80 Å². The van der Waals surface area contributed by atoms with Gasteiger partial charge in [0.1, 0.15) is 0 Å². The lowest BCUT2D eigenvalue weighted by Crippen LogP contribution is -2.59. The summed E-state index contributed by atoms with van der Waals surface area (Å²) in [5.41, 5.74) is 20.0. The molecule has 0 saturated heterocycles. The highest BCUT2D eigenvalue weighted by Gasteiger charge is 2.50. The second kappa shape index (κ2) is 15.4. The molecule has 62 heavy (non-hydrogen) atoms. The number of nitrogens with zero attached hydrogens (tertiary/aromatic N) is 2. The topological polar surface area (TPSA) is 6.48 Å². The van der Waals surface area contributed by atoms with Crippen molar-refractivity contribution in [3.05, 3.63) is 196 Å². The van der Waals surface area contributed by atoms with E-state index in [4.69, 9.17) is 0 Å². The minimum atomic E-state index is -0.245. The van der Waals surface area contributed by atoms with E-state index in [-0.39, 0.29) is 23.0 Å². The monoisotopic (exact) mass is 811 g/mol. The summed E-state index contributed by atoms with van der Waals surface area (Å²) >= 11 is 0. The third-order valence-corrected chi connectivity index (χ3v) is 15.6. The van der Waals surface area contributed by atoms with Crippen molar-refractivity contribution >= 4 is 46.1 Å². The molecule has 0 N–H and O–H groups in total. The smallest absolute Gasteiger partial charge is 0.226 e. The number of hydrogen-bond donors (Lipinski definition) is 0. The van der Waals surface area contributed by atoms with Crippen LogP contribution in [0.25, 0.3) is 0 Å². The number of anilines is 5.